The fourth-order valence-corrected chi connectivity index (χ4v) is 5.91. The number of carbonyl (C=O) groups is 1. The fraction of sp³-hybridized carbons (Fsp3) is 0.310. The molecule has 0 bridgehead atoms. The van der Waals surface area contributed by atoms with Gasteiger partial charge in [0.25, 0.3) is 0 Å². The predicted molar refractivity (Wildman–Crippen MR) is 136 cm³/mol. The first-order valence-corrected chi connectivity index (χ1v) is 12.2. The molecule has 2 heterocycles. The first kappa shape index (κ1) is 21.0. The summed E-state index contributed by atoms with van der Waals surface area (Å²) in [5.41, 5.74) is 7.06. The van der Waals surface area contributed by atoms with Gasteiger partial charge in [-0.15, -0.1) is 0 Å². The third-order valence-corrected chi connectivity index (χ3v) is 7.54. The molecule has 34 heavy (non-hydrogen) atoms. The molecule has 4 aromatic rings. The van der Waals surface area contributed by atoms with Gasteiger partial charge in [-0.05, 0) is 61.2 Å². The summed E-state index contributed by atoms with van der Waals surface area (Å²) in [6.07, 6.45) is 2.39. The number of fused-ring (bicyclic) bond motifs is 6. The van der Waals surface area contributed by atoms with Crippen LogP contribution in [0.25, 0.3) is 21.8 Å². The zero-order valence-corrected chi connectivity index (χ0v) is 19.9. The van der Waals surface area contributed by atoms with Crippen LogP contribution >= 0.6 is 0 Å². The Morgan fingerprint density at radius 2 is 1.85 bits per heavy atom. The Labute approximate surface area is 199 Å². The van der Waals surface area contributed by atoms with E-state index >= 15 is 0 Å². The second kappa shape index (κ2) is 8.01. The third-order valence-electron chi connectivity index (χ3n) is 7.54. The molecule has 1 aromatic heterocycles. The quantitative estimate of drug-likeness (QED) is 0.377. The molecular formula is C29H29N3O2. The van der Waals surface area contributed by atoms with Crippen molar-refractivity contribution >= 4 is 33.4 Å². The van der Waals surface area contributed by atoms with Gasteiger partial charge < -0.3 is 9.30 Å². The van der Waals surface area contributed by atoms with Crippen LogP contribution in [0.15, 0.2) is 65.8 Å². The molecule has 1 amide bonds. The van der Waals surface area contributed by atoms with Crippen LogP contribution in [0.3, 0.4) is 0 Å². The van der Waals surface area contributed by atoms with Gasteiger partial charge in [0.2, 0.25) is 5.91 Å². The molecule has 0 saturated heterocycles. The van der Waals surface area contributed by atoms with Crippen LogP contribution in [0, 0.1) is 5.92 Å². The van der Waals surface area contributed by atoms with Crippen molar-refractivity contribution in [2.75, 3.05) is 7.11 Å². The number of benzene rings is 3. The molecule has 2 aliphatic rings. The van der Waals surface area contributed by atoms with Gasteiger partial charge in [0.05, 0.1) is 18.9 Å². The average molecular weight is 452 g/mol. The van der Waals surface area contributed by atoms with Gasteiger partial charge in [0.15, 0.2) is 0 Å². The number of aryl methyl sites for hydroxylation is 2. The first-order chi connectivity index (χ1) is 16.6. The number of para-hydroxylation sites is 1. The molecular weight excluding hydrogens is 422 g/mol. The van der Waals surface area contributed by atoms with E-state index in [9.17, 15) is 4.79 Å². The minimum Gasteiger partial charge on any atom is -0.497 e. The normalized spacial score (nSPS) is 19.3. The van der Waals surface area contributed by atoms with Gasteiger partial charge in [0.1, 0.15) is 5.75 Å². The minimum absolute atomic E-state index is 0.0624. The highest BCUT2D eigenvalue weighted by Gasteiger charge is 2.43. The lowest BCUT2D eigenvalue weighted by molar-refractivity contribution is -0.133. The lowest BCUT2D eigenvalue weighted by Gasteiger charge is -2.30. The Kier molecular flexibility index (Phi) is 4.94. The number of hydrogen-bond acceptors (Lipinski definition) is 3. The third kappa shape index (κ3) is 2.99. The van der Waals surface area contributed by atoms with Gasteiger partial charge in [-0.3, -0.25) is 4.79 Å². The lowest BCUT2D eigenvalue weighted by atomic mass is 9.77. The second-order valence-corrected chi connectivity index (χ2v) is 9.23. The van der Waals surface area contributed by atoms with Crippen molar-refractivity contribution < 1.29 is 9.53 Å². The lowest BCUT2D eigenvalue weighted by Crippen LogP contribution is -2.31. The van der Waals surface area contributed by atoms with Crippen molar-refractivity contribution in [3.05, 3.63) is 77.4 Å². The van der Waals surface area contributed by atoms with Crippen LogP contribution in [0.2, 0.25) is 0 Å². The number of carbonyl (C=O) groups excluding carboxylic acids is 1. The molecule has 0 radical (unpaired) electrons. The highest BCUT2D eigenvalue weighted by atomic mass is 16.5. The van der Waals surface area contributed by atoms with Gasteiger partial charge in [-0.1, -0.05) is 37.3 Å². The highest BCUT2D eigenvalue weighted by Crippen LogP contribution is 2.45. The van der Waals surface area contributed by atoms with Gasteiger partial charge in [-0.2, -0.15) is 5.10 Å². The predicted octanol–water partition coefficient (Wildman–Crippen LogP) is 6.08. The van der Waals surface area contributed by atoms with E-state index in [0.29, 0.717) is 6.42 Å². The van der Waals surface area contributed by atoms with E-state index in [1.807, 2.05) is 13.0 Å². The van der Waals surface area contributed by atoms with E-state index in [2.05, 4.69) is 66.1 Å². The molecule has 2 atom stereocenters. The van der Waals surface area contributed by atoms with Crippen LogP contribution in [0.4, 0.5) is 0 Å². The van der Waals surface area contributed by atoms with Crippen LogP contribution in [0.5, 0.6) is 5.75 Å². The van der Waals surface area contributed by atoms with E-state index in [1.54, 1.807) is 12.1 Å². The van der Waals surface area contributed by atoms with Crippen molar-refractivity contribution in [1.29, 1.82) is 0 Å². The average Bonchev–Trinajstić information content (AvgIpc) is 3.43. The van der Waals surface area contributed by atoms with E-state index in [1.165, 1.54) is 27.4 Å². The first-order valence-electron chi connectivity index (χ1n) is 12.2. The summed E-state index contributed by atoms with van der Waals surface area (Å²) in [5, 5.41) is 9.22. The van der Waals surface area contributed by atoms with E-state index in [-0.39, 0.29) is 17.9 Å². The van der Waals surface area contributed by atoms with Gasteiger partial charge in [0, 0.05) is 46.3 Å². The molecule has 1 aliphatic heterocycles. The van der Waals surface area contributed by atoms with Crippen molar-refractivity contribution in [2.24, 2.45) is 11.0 Å². The fourth-order valence-electron chi connectivity index (χ4n) is 5.91. The maximum Gasteiger partial charge on any atom is 0.242 e. The van der Waals surface area contributed by atoms with E-state index in [4.69, 9.17) is 9.84 Å². The second-order valence-electron chi connectivity index (χ2n) is 9.23. The number of hydrogen-bond donors (Lipinski definition) is 0. The maximum absolute atomic E-state index is 13.1. The van der Waals surface area contributed by atoms with Crippen LogP contribution in [-0.4, -0.2) is 28.3 Å². The van der Waals surface area contributed by atoms with Crippen molar-refractivity contribution in [3.63, 3.8) is 0 Å². The molecule has 0 spiro atoms. The molecule has 1 aliphatic carbocycles. The minimum atomic E-state index is -0.0880. The molecule has 172 valence electrons. The van der Waals surface area contributed by atoms with Crippen molar-refractivity contribution in [1.82, 2.24) is 9.58 Å². The summed E-state index contributed by atoms with van der Waals surface area (Å²) in [7, 11) is 1.69. The molecule has 0 N–H and O–H groups in total. The van der Waals surface area contributed by atoms with Crippen LogP contribution in [0.1, 0.15) is 49.4 Å². The largest absolute Gasteiger partial charge is 0.497 e. The van der Waals surface area contributed by atoms with Gasteiger partial charge >= 0.3 is 0 Å². The van der Waals surface area contributed by atoms with Crippen LogP contribution < -0.4 is 4.74 Å². The smallest absolute Gasteiger partial charge is 0.242 e. The Balaban J connectivity index is 1.51. The molecule has 3 aromatic carbocycles. The number of ether oxygens (including phenoxy) is 1. The molecule has 5 nitrogen and oxygen atoms in total. The van der Waals surface area contributed by atoms with Crippen molar-refractivity contribution in [3.8, 4) is 5.75 Å². The number of aromatic nitrogens is 1. The molecule has 0 unspecified atom stereocenters. The summed E-state index contributed by atoms with van der Waals surface area (Å²) in [6.45, 7) is 5.02. The number of methoxy groups -OCH3 is 1. The number of rotatable bonds is 4. The standard InChI is InChI=1S/C29H29N3O2/c1-4-27(33)32-29(22-14-11-18-10-13-20(34-3)17-23(18)28(22)30-32)19-12-15-26-24(16-19)21-8-6-7-9-25(21)31(26)5-2/h6-10,12-13,15-17,22,29H,4-5,11,14H2,1-3H3/t22-,29-/m0/s1. The number of amides is 1. The highest BCUT2D eigenvalue weighted by molar-refractivity contribution is 6.09. The zero-order valence-electron chi connectivity index (χ0n) is 19.9. The molecule has 6 rings (SSSR count). The SMILES string of the molecule is CCC(=O)N1N=C2c3cc(OC)ccc3CC[C@@H]2[C@@H]1c1ccc2c(c1)c1ccccc1n2CC. The Morgan fingerprint density at radius 3 is 2.65 bits per heavy atom. The van der Waals surface area contributed by atoms with E-state index in [0.717, 1.165) is 42.0 Å². The topological polar surface area (TPSA) is 46.8 Å². The van der Waals surface area contributed by atoms with Gasteiger partial charge in [-0.25, -0.2) is 5.01 Å². The number of nitrogens with zero attached hydrogens (tertiary/aromatic N) is 3. The zero-order chi connectivity index (χ0) is 23.4. The Morgan fingerprint density at radius 1 is 1.03 bits per heavy atom. The summed E-state index contributed by atoms with van der Waals surface area (Å²) in [5.74, 6) is 1.06. The summed E-state index contributed by atoms with van der Waals surface area (Å²) < 4.78 is 7.86. The van der Waals surface area contributed by atoms with Crippen LogP contribution in [-0.2, 0) is 17.8 Å². The molecule has 0 saturated carbocycles. The summed E-state index contributed by atoms with van der Waals surface area (Å²) in [6, 6.07) is 21.4. The summed E-state index contributed by atoms with van der Waals surface area (Å²) in [4.78, 5) is 13.1. The van der Waals surface area contributed by atoms with E-state index < -0.39 is 0 Å². The Hall–Kier alpha value is -3.60. The monoisotopic (exact) mass is 451 g/mol. The van der Waals surface area contributed by atoms with Crippen molar-refractivity contribution in [2.45, 2.75) is 45.7 Å². The maximum atomic E-state index is 13.1. The number of hydrazone groups is 1. The summed E-state index contributed by atoms with van der Waals surface area (Å²) >= 11 is 0. The molecule has 5 heteroatoms. The molecule has 0 fully saturated rings. The Bertz CT molecular complexity index is 1470.